The molecular formula is C13H29NO6Si. The zero-order valence-corrected chi connectivity index (χ0v) is 14.4. The lowest BCUT2D eigenvalue weighted by atomic mass is 10.3. The summed E-state index contributed by atoms with van der Waals surface area (Å²) in [4.78, 5) is 2.19. The molecule has 21 heavy (non-hydrogen) atoms. The number of β-amino-alcohol motifs (C(OH)–C–C–N with tert-alkyl or cyclic N) is 1. The fourth-order valence-corrected chi connectivity index (χ4v) is 3.99. The first-order valence-corrected chi connectivity index (χ1v) is 9.30. The molecule has 0 aromatic heterocycles. The number of morpholine rings is 1. The lowest BCUT2D eigenvalue weighted by Crippen LogP contribution is -2.43. The highest BCUT2D eigenvalue weighted by molar-refractivity contribution is 6.60. The van der Waals surface area contributed by atoms with Gasteiger partial charge in [-0.3, -0.25) is 4.90 Å². The Morgan fingerprint density at radius 1 is 1.14 bits per heavy atom. The zero-order chi connectivity index (χ0) is 15.6. The standard InChI is InChI=1S/C13H29NO6Si/c1-16-21(17-2,18-3)10-4-7-20-12-13(15)11-14-5-8-19-9-6-14/h13,15H,4-12H2,1-3H3. The van der Waals surface area contributed by atoms with Crippen LogP contribution in [-0.4, -0.2) is 92.3 Å². The van der Waals surface area contributed by atoms with E-state index in [0.717, 1.165) is 32.7 Å². The maximum absolute atomic E-state index is 9.93. The molecular weight excluding hydrogens is 294 g/mol. The van der Waals surface area contributed by atoms with Crippen LogP contribution in [0.4, 0.5) is 0 Å². The number of aliphatic hydroxyl groups excluding tert-OH is 1. The molecule has 1 heterocycles. The number of ether oxygens (including phenoxy) is 2. The van der Waals surface area contributed by atoms with Crippen molar-refractivity contribution in [1.82, 2.24) is 4.90 Å². The van der Waals surface area contributed by atoms with Gasteiger partial charge in [0.2, 0.25) is 0 Å². The van der Waals surface area contributed by atoms with Crippen LogP contribution in [0.15, 0.2) is 0 Å². The van der Waals surface area contributed by atoms with E-state index in [4.69, 9.17) is 22.8 Å². The topological polar surface area (TPSA) is 69.6 Å². The second-order valence-electron chi connectivity index (χ2n) is 5.04. The fraction of sp³-hybridized carbons (Fsp3) is 1.00. The Kier molecular flexibility index (Phi) is 9.61. The van der Waals surface area contributed by atoms with Crippen molar-refractivity contribution >= 4 is 8.80 Å². The van der Waals surface area contributed by atoms with E-state index in [1.54, 1.807) is 21.3 Å². The van der Waals surface area contributed by atoms with Crippen LogP contribution in [0.25, 0.3) is 0 Å². The summed E-state index contributed by atoms with van der Waals surface area (Å²) in [6.45, 7) is 4.78. The molecule has 1 atom stereocenters. The number of hydrogen-bond acceptors (Lipinski definition) is 7. The van der Waals surface area contributed by atoms with Crippen LogP contribution >= 0.6 is 0 Å². The summed E-state index contributed by atoms with van der Waals surface area (Å²) in [5.74, 6) is 0. The van der Waals surface area contributed by atoms with Crippen LogP contribution in [0.3, 0.4) is 0 Å². The molecule has 7 nitrogen and oxygen atoms in total. The maximum Gasteiger partial charge on any atom is 0.500 e. The van der Waals surface area contributed by atoms with E-state index < -0.39 is 14.9 Å². The molecule has 0 bridgehead atoms. The van der Waals surface area contributed by atoms with Gasteiger partial charge < -0.3 is 27.9 Å². The normalized spacial score (nSPS) is 18.9. The van der Waals surface area contributed by atoms with Gasteiger partial charge in [0, 0.05) is 53.6 Å². The van der Waals surface area contributed by atoms with E-state index in [0.29, 0.717) is 25.8 Å². The Morgan fingerprint density at radius 2 is 1.76 bits per heavy atom. The summed E-state index contributed by atoms with van der Waals surface area (Å²) in [5, 5.41) is 9.93. The van der Waals surface area contributed by atoms with Crippen LogP contribution in [0.1, 0.15) is 6.42 Å². The Hall–Kier alpha value is -0.0631. The molecule has 8 heteroatoms. The molecule has 1 aliphatic heterocycles. The minimum atomic E-state index is -2.49. The van der Waals surface area contributed by atoms with Crippen molar-refractivity contribution in [2.75, 3.05) is 67.4 Å². The highest BCUT2D eigenvalue weighted by Gasteiger charge is 2.36. The number of rotatable bonds is 11. The lowest BCUT2D eigenvalue weighted by molar-refractivity contribution is -0.0143. The van der Waals surface area contributed by atoms with Gasteiger partial charge in [0.15, 0.2) is 0 Å². The largest absolute Gasteiger partial charge is 0.500 e. The molecule has 1 N–H and O–H groups in total. The van der Waals surface area contributed by atoms with Crippen LogP contribution in [0.2, 0.25) is 6.04 Å². The Bertz CT molecular complexity index is 253. The lowest BCUT2D eigenvalue weighted by Gasteiger charge is -2.28. The second-order valence-corrected chi connectivity index (χ2v) is 8.13. The van der Waals surface area contributed by atoms with Gasteiger partial charge >= 0.3 is 8.80 Å². The van der Waals surface area contributed by atoms with Gasteiger partial charge in [-0.25, -0.2) is 0 Å². The van der Waals surface area contributed by atoms with Crippen molar-refractivity contribution in [2.45, 2.75) is 18.6 Å². The quantitative estimate of drug-likeness (QED) is 0.423. The van der Waals surface area contributed by atoms with Crippen molar-refractivity contribution in [3.63, 3.8) is 0 Å². The fourth-order valence-electron chi connectivity index (χ4n) is 2.30. The SMILES string of the molecule is CO[Si](CCCOCC(O)CN1CCOCC1)(OC)OC. The van der Waals surface area contributed by atoms with E-state index in [-0.39, 0.29) is 0 Å². The first-order valence-electron chi connectivity index (χ1n) is 7.37. The third kappa shape index (κ3) is 7.16. The summed E-state index contributed by atoms with van der Waals surface area (Å²) in [5.41, 5.74) is 0. The third-order valence-electron chi connectivity index (χ3n) is 3.59. The van der Waals surface area contributed by atoms with Gasteiger partial charge in [-0.15, -0.1) is 0 Å². The van der Waals surface area contributed by atoms with E-state index in [9.17, 15) is 5.11 Å². The van der Waals surface area contributed by atoms with E-state index in [1.807, 2.05) is 0 Å². The summed E-state index contributed by atoms with van der Waals surface area (Å²) in [6.07, 6.45) is 0.323. The minimum absolute atomic E-state index is 0.346. The summed E-state index contributed by atoms with van der Waals surface area (Å²) in [7, 11) is 2.32. The summed E-state index contributed by atoms with van der Waals surface area (Å²) < 4.78 is 26.8. The third-order valence-corrected chi connectivity index (χ3v) is 6.42. The van der Waals surface area contributed by atoms with Crippen LogP contribution in [0, 0.1) is 0 Å². The molecule has 1 saturated heterocycles. The first kappa shape index (κ1) is 19.0. The predicted molar refractivity (Wildman–Crippen MR) is 80.3 cm³/mol. The van der Waals surface area contributed by atoms with Crippen molar-refractivity contribution in [3.8, 4) is 0 Å². The smallest absolute Gasteiger partial charge is 0.389 e. The van der Waals surface area contributed by atoms with Gasteiger partial charge in [-0.2, -0.15) is 0 Å². The van der Waals surface area contributed by atoms with Crippen molar-refractivity contribution < 1.29 is 27.9 Å². The molecule has 0 amide bonds. The maximum atomic E-state index is 9.93. The highest BCUT2D eigenvalue weighted by Crippen LogP contribution is 2.14. The molecule has 0 radical (unpaired) electrons. The zero-order valence-electron chi connectivity index (χ0n) is 13.4. The molecule has 0 spiro atoms. The monoisotopic (exact) mass is 323 g/mol. The van der Waals surface area contributed by atoms with Crippen LogP contribution < -0.4 is 0 Å². The first-order chi connectivity index (χ1) is 10.2. The second kappa shape index (κ2) is 10.6. The Labute approximate surface area is 128 Å². The molecule has 0 aromatic rings. The number of hydrogen-bond donors (Lipinski definition) is 1. The molecule has 1 aliphatic rings. The van der Waals surface area contributed by atoms with E-state index in [2.05, 4.69) is 4.90 Å². The van der Waals surface area contributed by atoms with Gasteiger partial charge in [0.25, 0.3) is 0 Å². The molecule has 0 aromatic carbocycles. The molecule has 0 aliphatic carbocycles. The summed E-state index contributed by atoms with van der Waals surface area (Å²) in [6, 6.07) is 0.704. The molecule has 1 unspecified atom stereocenters. The van der Waals surface area contributed by atoms with Gasteiger partial charge in [-0.05, 0) is 6.42 Å². The number of aliphatic hydroxyl groups is 1. The Balaban J connectivity index is 2.07. The van der Waals surface area contributed by atoms with Gasteiger partial charge in [0.05, 0.1) is 25.9 Å². The molecule has 1 rings (SSSR count). The average Bonchev–Trinajstić information content (AvgIpc) is 2.52. The van der Waals surface area contributed by atoms with Gasteiger partial charge in [-0.1, -0.05) is 0 Å². The summed E-state index contributed by atoms with van der Waals surface area (Å²) >= 11 is 0. The van der Waals surface area contributed by atoms with E-state index in [1.165, 1.54) is 0 Å². The van der Waals surface area contributed by atoms with Crippen molar-refractivity contribution in [3.05, 3.63) is 0 Å². The van der Waals surface area contributed by atoms with Crippen LogP contribution in [-0.2, 0) is 22.8 Å². The predicted octanol–water partition coefficient (Wildman–Crippen LogP) is -0.0357. The van der Waals surface area contributed by atoms with Crippen molar-refractivity contribution in [1.29, 1.82) is 0 Å². The number of nitrogens with zero attached hydrogens (tertiary/aromatic N) is 1. The van der Waals surface area contributed by atoms with Crippen LogP contribution in [0.5, 0.6) is 0 Å². The van der Waals surface area contributed by atoms with Crippen molar-refractivity contribution in [2.24, 2.45) is 0 Å². The Morgan fingerprint density at radius 3 is 2.33 bits per heavy atom. The average molecular weight is 323 g/mol. The minimum Gasteiger partial charge on any atom is -0.389 e. The van der Waals surface area contributed by atoms with E-state index >= 15 is 0 Å². The van der Waals surface area contributed by atoms with Gasteiger partial charge in [0.1, 0.15) is 0 Å². The molecule has 0 saturated carbocycles. The highest BCUT2D eigenvalue weighted by atomic mass is 28.4. The molecule has 126 valence electrons. The molecule has 1 fully saturated rings.